The van der Waals surface area contributed by atoms with E-state index in [1.54, 1.807) is 6.26 Å². The first-order valence-electron chi connectivity index (χ1n) is 7.05. The second-order valence-corrected chi connectivity index (χ2v) is 5.27. The van der Waals surface area contributed by atoms with Crippen LogP contribution in [0.15, 0.2) is 47.3 Å². The van der Waals surface area contributed by atoms with Gasteiger partial charge in [0, 0.05) is 11.6 Å². The Labute approximate surface area is 115 Å². The molecule has 0 aliphatic rings. The van der Waals surface area contributed by atoms with E-state index < -0.39 is 0 Å². The van der Waals surface area contributed by atoms with E-state index >= 15 is 0 Å². The van der Waals surface area contributed by atoms with Crippen molar-refractivity contribution in [3.8, 4) is 0 Å². The summed E-state index contributed by atoms with van der Waals surface area (Å²) in [7, 11) is 0. The van der Waals surface area contributed by atoms with Crippen LogP contribution in [0, 0.1) is 0 Å². The normalized spacial score (nSPS) is 12.8. The highest BCUT2D eigenvalue weighted by Gasteiger charge is 2.12. The molecule has 0 saturated heterocycles. The zero-order chi connectivity index (χ0) is 13.7. The molecule has 1 aromatic heterocycles. The minimum atomic E-state index is 0.327. The summed E-state index contributed by atoms with van der Waals surface area (Å²) in [6.07, 6.45) is 4.56. The first-order chi connectivity index (χ1) is 9.20. The topological polar surface area (TPSA) is 25.2 Å². The minimum absolute atomic E-state index is 0.327. The molecule has 0 aliphatic heterocycles. The molecule has 0 spiro atoms. The van der Waals surface area contributed by atoms with E-state index in [2.05, 4.69) is 50.4 Å². The summed E-state index contributed by atoms with van der Waals surface area (Å²) < 4.78 is 5.19. The van der Waals surface area contributed by atoms with Crippen LogP contribution in [0.5, 0.6) is 0 Å². The van der Waals surface area contributed by atoms with Gasteiger partial charge in [0.1, 0.15) is 0 Å². The predicted molar refractivity (Wildman–Crippen MR) is 79.4 cm³/mol. The molecule has 1 atom stereocenters. The lowest BCUT2D eigenvalue weighted by Gasteiger charge is -2.17. The zero-order valence-corrected chi connectivity index (χ0v) is 12.0. The van der Waals surface area contributed by atoms with Crippen LogP contribution in [0.4, 0.5) is 0 Å². The highest BCUT2D eigenvalue weighted by molar-refractivity contribution is 5.26. The lowest BCUT2D eigenvalue weighted by Crippen LogP contribution is -2.22. The lowest BCUT2D eigenvalue weighted by molar-refractivity contribution is 0.525. The smallest absolute Gasteiger partial charge is 0.0950 e. The largest absolute Gasteiger partial charge is 0.472 e. The maximum atomic E-state index is 5.19. The van der Waals surface area contributed by atoms with Crippen molar-refractivity contribution in [3.63, 3.8) is 0 Å². The van der Waals surface area contributed by atoms with Crippen LogP contribution >= 0.6 is 0 Å². The Morgan fingerprint density at radius 2 is 1.79 bits per heavy atom. The molecule has 2 rings (SSSR count). The molecular formula is C17H23NO. The van der Waals surface area contributed by atoms with Crippen LogP contribution in [-0.4, -0.2) is 6.54 Å². The molecule has 1 N–H and O–H groups in total. The number of hydrogen-bond acceptors (Lipinski definition) is 2. The van der Waals surface area contributed by atoms with Gasteiger partial charge in [-0.15, -0.1) is 0 Å². The summed E-state index contributed by atoms with van der Waals surface area (Å²) in [5, 5.41) is 3.51. The molecule has 0 bridgehead atoms. The first-order valence-corrected chi connectivity index (χ1v) is 7.05. The fourth-order valence-corrected chi connectivity index (χ4v) is 2.30. The number of rotatable bonds is 6. The van der Waals surface area contributed by atoms with E-state index in [0.29, 0.717) is 12.0 Å². The predicted octanol–water partition coefficient (Wildman–Crippen LogP) is 4.30. The Hall–Kier alpha value is -1.54. The Bertz CT molecular complexity index is 470. The highest BCUT2D eigenvalue weighted by atomic mass is 16.3. The van der Waals surface area contributed by atoms with Crippen molar-refractivity contribution in [2.45, 2.75) is 39.2 Å². The monoisotopic (exact) mass is 257 g/mol. The number of nitrogens with one attached hydrogen (secondary N) is 1. The molecule has 19 heavy (non-hydrogen) atoms. The van der Waals surface area contributed by atoms with Gasteiger partial charge in [0.25, 0.3) is 0 Å². The molecule has 2 aromatic rings. The zero-order valence-electron chi connectivity index (χ0n) is 12.0. The van der Waals surface area contributed by atoms with Crippen molar-refractivity contribution in [1.29, 1.82) is 0 Å². The maximum absolute atomic E-state index is 5.19. The molecule has 0 radical (unpaired) electrons. The average Bonchev–Trinajstić information content (AvgIpc) is 2.92. The van der Waals surface area contributed by atoms with E-state index in [9.17, 15) is 0 Å². The molecule has 0 aliphatic carbocycles. The third-order valence-corrected chi connectivity index (χ3v) is 3.48. The number of benzene rings is 1. The van der Waals surface area contributed by atoms with E-state index in [1.165, 1.54) is 16.7 Å². The average molecular weight is 257 g/mol. The van der Waals surface area contributed by atoms with Crippen LogP contribution in [0.25, 0.3) is 0 Å². The molecule has 102 valence electrons. The molecule has 2 heteroatoms. The van der Waals surface area contributed by atoms with Crippen LogP contribution in [-0.2, 0) is 6.42 Å². The standard InChI is InChI=1S/C17H23NO/c1-4-18-17(16-9-10-19-12-16)11-14-5-7-15(8-6-14)13(2)3/h5-10,12-13,17-18H,4,11H2,1-3H3. The van der Waals surface area contributed by atoms with Crippen LogP contribution in [0.1, 0.15) is 49.4 Å². The molecule has 0 amide bonds. The third-order valence-electron chi connectivity index (χ3n) is 3.48. The number of furan rings is 1. The summed E-state index contributed by atoms with van der Waals surface area (Å²) >= 11 is 0. The van der Waals surface area contributed by atoms with Crippen molar-refractivity contribution >= 4 is 0 Å². The number of likely N-dealkylation sites (N-methyl/N-ethyl adjacent to an activating group) is 1. The summed E-state index contributed by atoms with van der Waals surface area (Å²) in [6.45, 7) is 7.54. The van der Waals surface area contributed by atoms with Gasteiger partial charge in [0.2, 0.25) is 0 Å². The van der Waals surface area contributed by atoms with Gasteiger partial charge in [-0.05, 0) is 36.1 Å². The molecule has 0 saturated carbocycles. The van der Waals surface area contributed by atoms with Crippen molar-refractivity contribution in [2.75, 3.05) is 6.54 Å². The minimum Gasteiger partial charge on any atom is -0.472 e. The van der Waals surface area contributed by atoms with E-state index in [-0.39, 0.29) is 0 Å². The van der Waals surface area contributed by atoms with Gasteiger partial charge in [-0.3, -0.25) is 0 Å². The van der Waals surface area contributed by atoms with Gasteiger partial charge in [-0.25, -0.2) is 0 Å². The van der Waals surface area contributed by atoms with Crippen molar-refractivity contribution in [3.05, 3.63) is 59.5 Å². The third kappa shape index (κ3) is 3.71. The van der Waals surface area contributed by atoms with Gasteiger partial charge >= 0.3 is 0 Å². The van der Waals surface area contributed by atoms with Crippen LogP contribution < -0.4 is 5.32 Å². The Morgan fingerprint density at radius 1 is 1.05 bits per heavy atom. The van der Waals surface area contributed by atoms with Crippen molar-refractivity contribution < 1.29 is 4.42 Å². The van der Waals surface area contributed by atoms with Crippen molar-refractivity contribution in [2.24, 2.45) is 0 Å². The Kier molecular flexibility index (Phi) is 4.80. The van der Waals surface area contributed by atoms with Gasteiger partial charge in [0.15, 0.2) is 0 Å². The van der Waals surface area contributed by atoms with Gasteiger partial charge in [-0.1, -0.05) is 45.0 Å². The van der Waals surface area contributed by atoms with E-state index in [1.807, 2.05) is 12.3 Å². The summed E-state index contributed by atoms with van der Waals surface area (Å²) in [5.41, 5.74) is 3.97. The molecule has 1 heterocycles. The fraction of sp³-hybridized carbons (Fsp3) is 0.412. The Balaban J connectivity index is 2.09. The van der Waals surface area contributed by atoms with E-state index in [4.69, 9.17) is 4.42 Å². The van der Waals surface area contributed by atoms with Crippen LogP contribution in [0.2, 0.25) is 0 Å². The molecular weight excluding hydrogens is 234 g/mol. The molecule has 1 unspecified atom stereocenters. The number of hydrogen-bond donors (Lipinski definition) is 1. The van der Waals surface area contributed by atoms with E-state index in [0.717, 1.165) is 13.0 Å². The molecule has 2 nitrogen and oxygen atoms in total. The quantitative estimate of drug-likeness (QED) is 0.834. The van der Waals surface area contributed by atoms with Crippen LogP contribution in [0.3, 0.4) is 0 Å². The van der Waals surface area contributed by atoms with Gasteiger partial charge in [0.05, 0.1) is 12.5 Å². The SMILES string of the molecule is CCNC(Cc1ccc(C(C)C)cc1)c1ccoc1. The lowest BCUT2D eigenvalue weighted by atomic mass is 9.97. The van der Waals surface area contributed by atoms with Crippen molar-refractivity contribution in [1.82, 2.24) is 5.32 Å². The first kappa shape index (κ1) is 13.9. The molecule has 1 aromatic carbocycles. The second-order valence-electron chi connectivity index (χ2n) is 5.27. The summed E-state index contributed by atoms with van der Waals surface area (Å²) in [4.78, 5) is 0. The Morgan fingerprint density at radius 3 is 2.32 bits per heavy atom. The second kappa shape index (κ2) is 6.58. The van der Waals surface area contributed by atoms with Gasteiger partial charge in [-0.2, -0.15) is 0 Å². The fourth-order valence-electron chi connectivity index (χ4n) is 2.30. The van der Waals surface area contributed by atoms with Gasteiger partial charge < -0.3 is 9.73 Å². The maximum Gasteiger partial charge on any atom is 0.0950 e. The summed E-state index contributed by atoms with van der Waals surface area (Å²) in [6, 6.07) is 11.3. The molecule has 0 fully saturated rings. The highest BCUT2D eigenvalue weighted by Crippen LogP contribution is 2.21. The summed E-state index contributed by atoms with van der Waals surface area (Å²) in [5.74, 6) is 0.590.